The Balaban J connectivity index is 1.24. The highest BCUT2D eigenvalue weighted by molar-refractivity contribution is 5.91. The molecule has 35 heavy (non-hydrogen) atoms. The average molecular weight is 477 g/mol. The van der Waals surface area contributed by atoms with Crippen LogP contribution >= 0.6 is 0 Å². The predicted octanol–water partition coefficient (Wildman–Crippen LogP) is 3.14. The molecule has 0 spiro atoms. The van der Waals surface area contributed by atoms with Crippen molar-refractivity contribution < 1.29 is 14.3 Å². The summed E-state index contributed by atoms with van der Waals surface area (Å²) in [6.07, 6.45) is 10.0. The normalized spacial score (nSPS) is 20.6. The average Bonchev–Trinajstić information content (AvgIpc) is 2.90. The van der Waals surface area contributed by atoms with E-state index in [1.807, 2.05) is 0 Å². The van der Waals surface area contributed by atoms with E-state index in [2.05, 4.69) is 37.0 Å². The largest absolute Gasteiger partial charge is 0.488 e. The molecule has 1 saturated heterocycles. The zero-order chi connectivity index (χ0) is 24.2. The molecule has 184 valence electrons. The zero-order valence-electron chi connectivity index (χ0n) is 20.4. The van der Waals surface area contributed by atoms with Gasteiger partial charge in [-0.1, -0.05) is 0 Å². The molecule has 2 fully saturated rings. The third-order valence-electron chi connectivity index (χ3n) is 6.79. The minimum Gasteiger partial charge on any atom is -0.488 e. The molecule has 1 saturated carbocycles. The van der Waals surface area contributed by atoms with E-state index in [1.165, 1.54) is 4.90 Å². The fourth-order valence-corrected chi connectivity index (χ4v) is 4.86. The van der Waals surface area contributed by atoms with Crippen LogP contribution in [0, 0.1) is 5.92 Å². The number of amides is 1. The molecule has 1 aliphatic carbocycles. The first-order valence-corrected chi connectivity index (χ1v) is 12.3. The summed E-state index contributed by atoms with van der Waals surface area (Å²) >= 11 is 0. The topological polar surface area (TPSA) is 93.6 Å². The van der Waals surface area contributed by atoms with Crippen LogP contribution in [0.25, 0.3) is 11.0 Å². The maximum absolute atomic E-state index is 12.2. The Labute approximate surface area is 205 Å². The van der Waals surface area contributed by atoms with Gasteiger partial charge < -0.3 is 19.3 Å². The van der Waals surface area contributed by atoms with Gasteiger partial charge in [0.15, 0.2) is 0 Å². The number of benzene rings is 1. The number of nitrogens with zero attached hydrogens (tertiary/aromatic N) is 6. The van der Waals surface area contributed by atoms with Crippen molar-refractivity contribution in [2.75, 3.05) is 45.3 Å². The lowest BCUT2D eigenvalue weighted by Crippen LogP contribution is -2.36. The molecule has 2 aliphatic rings. The van der Waals surface area contributed by atoms with E-state index in [4.69, 9.17) is 9.47 Å². The van der Waals surface area contributed by atoms with Gasteiger partial charge in [0.2, 0.25) is 0 Å². The number of ether oxygens (including phenoxy) is 2. The Morgan fingerprint density at radius 3 is 2.60 bits per heavy atom. The minimum absolute atomic E-state index is 0.0969. The molecule has 0 radical (unpaired) electrons. The van der Waals surface area contributed by atoms with Gasteiger partial charge in [-0.2, -0.15) is 0 Å². The lowest BCUT2D eigenvalue weighted by atomic mass is 9.85. The molecule has 9 heteroatoms. The van der Waals surface area contributed by atoms with Crippen LogP contribution in [0.3, 0.4) is 0 Å². The Morgan fingerprint density at radius 2 is 1.83 bits per heavy atom. The molecular formula is C26H32N6O3. The van der Waals surface area contributed by atoms with Gasteiger partial charge in [-0.3, -0.25) is 9.78 Å². The van der Waals surface area contributed by atoms with E-state index >= 15 is 0 Å². The Kier molecular flexibility index (Phi) is 7.03. The zero-order valence-corrected chi connectivity index (χ0v) is 20.4. The second-order valence-electron chi connectivity index (χ2n) is 9.49. The van der Waals surface area contributed by atoms with Crippen molar-refractivity contribution in [3.8, 4) is 5.75 Å². The number of hydrogen-bond donors (Lipinski definition) is 0. The van der Waals surface area contributed by atoms with E-state index in [0.717, 1.165) is 86.7 Å². The van der Waals surface area contributed by atoms with E-state index in [9.17, 15) is 4.79 Å². The predicted molar refractivity (Wildman–Crippen MR) is 133 cm³/mol. The molecule has 1 amide bonds. The fourth-order valence-electron chi connectivity index (χ4n) is 4.86. The summed E-state index contributed by atoms with van der Waals surface area (Å²) in [6.45, 7) is 3.18. The smallest absolute Gasteiger partial charge is 0.272 e. The van der Waals surface area contributed by atoms with Gasteiger partial charge in [-0.25, -0.2) is 15.0 Å². The lowest BCUT2D eigenvalue weighted by molar-refractivity contribution is 0.0821. The van der Waals surface area contributed by atoms with E-state index < -0.39 is 0 Å². The second kappa shape index (κ2) is 10.5. The number of carbonyl (C=O) groups excluding carboxylic acids is 1. The molecule has 9 nitrogen and oxygen atoms in total. The Bertz CT molecular complexity index is 1170. The van der Waals surface area contributed by atoms with Crippen molar-refractivity contribution in [2.24, 2.45) is 5.92 Å². The number of morpholine rings is 1. The van der Waals surface area contributed by atoms with Crippen LogP contribution in [0.15, 0.2) is 36.8 Å². The molecule has 3 heterocycles. The van der Waals surface area contributed by atoms with Crippen LogP contribution in [0.4, 0.5) is 5.69 Å². The van der Waals surface area contributed by atoms with E-state index in [-0.39, 0.29) is 12.0 Å². The highest BCUT2D eigenvalue weighted by Gasteiger charge is 2.25. The van der Waals surface area contributed by atoms with Crippen molar-refractivity contribution in [1.82, 2.24) is 24.8 Å². The fraction of sp³-hybridized carbons (Fsp3) is 0.500. The molecule has 1 aliphatic heterocycles. The van der Waals surface area contributed by atoms with Gasteiger partial charge in [0, 0.05) is 63.9 Å². The summed E-state index contributed by atoms with van der Waals surface area (Å²) in [5, 5.41) is 0. The number of hydrogen-bond acceptors (Lipinski definition) is 8. The summed E-state index contributed by atoms with van der Waals surface area (Å²) in [7, 11) is 3.47. The quantitative estimate of drug-likeness (QED) is 0.536. The van der Waals surface area contributed by atoms with Crippen molar-refractivity contribution in [2.45, 2.75) is 38.2 Å². The van der Waals surface area contributed by atoms with Crippen molar-refractivity contribution in [3.63, 3.8) is 0 Å². The third-order valence-corrected chi connectivity index (χ3v) is 6.79. The van der Waals surface area contributed by atoms with Gasteiger partial charge in [-0.05, 0) is 43.7 Å². The summed E-state index contributed by atoms with van der Waals surface area (Å²) < 4.78 is 12.0. The number of aromatic nitrogens is 4. The molecule has 1 aromatic carbocycles. The van der Waals surface area contributed by atoms with Crippen LogP contribution < -0.4 is 9.64 Å². The first kappa shape index (κ1) is 23.4. The highest BCUT2D eigenvalue weighted by atomic mass is 16.5. The maximum atomic E-state index is 12.2. The Hall–Kier alpha value is -3.33. The molecule has 0 atom stereocenters. The van der Waals surface area contributed by atoms with Crippen LogP contribution in [0.1, 0.15) is 42.0 Å². The van der Waals surface area contributed by atoms with Crippen molar-refractivity contribution >= 4 is 22.6 Å². The maximum Gasteiger partial charge on any atom is 0.272 e. The molecule has 0 N–H and O–H groups in total. The second-order valence-corrected chi connectivity index (χ2v) is 9.49. The van der Waals surface area contributed by atoms with Gasteiger partial charge in [0.05, 0.1) is 24.8 Å². The number of anilines is 1. The first-order chi connectivity index (χ1) is 17.1. The van der Waals surface area contributed by atoms with Crippen LogP contribution in [-0.2, 0) is 11.2 Å². The molecule has 2 aromatic heterocycles. The highest BCUT2D eigenvalue weighted by Crippen LogP contribution is 2.34. The summed E-state index contributed by atoms with van der Waals surface area (Å²) in [5.74, 6) is 1.93. The number of fused-ring (bicyclic) bond motifs is 1. The molecular weight excluding hydrogens is 444 g/mol. The van der Waals surface area contributed by atoms with Crippen molar-refractivity contribution in [3.05, 3.63) is 48.3 Å². The van der Waals surface area contributed by atoms with Crippen LogP contribution in [0.5, 0.6) is 5.75 Å². The van der Waals surface area contributed by atoms with Gasteiger partial charge >= 0.3 is 0 Å². The summed E-state index contributed by atoms with van der Waals surface area (Å²) in [6, 6.07) is 5.87. The van der Waals surface area contributed by atoms with Crippen LogP contribution in [-0.4, -0.2) is 77.2 Å². The van der Waals surface area contributed by atoms with E-state index in [0.29, 0.717) is 11.6 Å². The van der Waals surface area contributed by atoms with Crippen LogP contribution in [0.2, 0.25) is 0 Å². The number of rotatable bonds is 6. The minimum atomic E-state index is -0.0969. The van der Waals surface area contributed by atoms with Gasteiger partial charge in [0.1, 0.15) is 22.8 Å². The summed E-state index contributed by atoms with van der Waals surface area (Å²) in [5.41, 5.74) is 3.21. The molecule has 0 unspecified atom stereocenters. The monoisotopic (exact) mass is 476 g/mol. The SMILES string of the molecule is CN(C)C(=O)c1ccnc(CC2CCC(Oc3cc(N4CCOCC4)cc4nccnc34)CC2)n1. The molecule has 0 bridgehead atoms. The van der Waals surface area contributed by atoms with Crippen molar-refractivity contribution in [1.29, 1.82) is 0 Å². The van der Waals surface area contributed by atoms with E-state index in [1.54, 1.807) is 38.8 Å². The standard InChI is InChI=1S/C26H32N6O3/c1-31(2)26(33)21-7-8-28-24(30-21)15-18-3-5-20(6-4-18)35-23-17-19(32-11-13-34-14-12-32)16-22-25(23)29-10-9-27-22/h7-10,16-18,20H,3-6,11-15H2,1-2H3. The third kappa shape index (κ3) is 5.51. The molecule has 3 aromatic rings. The molecule has 5 rings (SSSR count). The Morgan fingerprint density at radius 1 is 1.06 bits per heavy atom. The first-order valence-electron chi connectivity index (χ1n) is 12.3. The number of carbonyl (C=O) groups is 1. The lowest BCUT2D eigenvalue weighted by Gasteiger charge is -2.31. The van der Waals surface area contributed by atoms with Gasteiger partial charge in [0.25, 0.3) is 5.91 Å². The van der Waals surface area contributed by atoms with Gasteiger partial charge in [-0.15, -0.1) is 0 Å². The summed E-state index contributed by atoms with van der Waals surface area (Å²) in [4.78, 5) is 34.1.